The first kappa shape index (κ1) is 12.8. The molecule has 1 aromatic rings. The highest BCUT2D eigenvalue weighted by atomic mass is 32.1. The van der Waals surface area contributed by atoms with Crippen molar-refractivity contribution in [3.8, 4) is 0 Å². The summed E-state index contributed by atoms with van der Waals surface area (Å²) in [7, 11) is 0. The fourth-order valence-electron chi connectivity index (χ4n) is 1.99. The number of anilines is 1. The van der Waals surface area contributed by atoms with Gasteiger partial charge in [0.1, 0.15) is 0 Å². The van der Waals surface area contributed by atoms with Crippen LogP contribution in [0.5, 0.6) is 0 Å². The van der Waals surface area contributed by atoms with Crippen molar-refractivity contribution >= 4 is 28.5 Å². The first-order chi connectivity index (χ1) is 8.65. The molecule has 2 amide bonds. The number of carboxylic acid groups (broad SMARTS) is 1. The highest BCUT2D eigenvalue weighted by Gasteiger charge is 2.16. The number of urea groups is 1. The maximum atomic E-state index is 11.7. The van der Waals surface area contributed by atoms with Crippen molar-refractivity contribution in [2.75, 3.05) is 5.32 Å². The smallest absolute Gasteiger partial charge is 0.355 e. The lowest BCUT2D eigenvalue weighted by molar-refractivity contribution is 0.0691. The van der Waals surface area contributed by atoms with Crippen LogP contribution in [0, 0.1) is 0 Å². The van der Waals surface area contributed by atoms with Crippen LogP contribution in [-0.2, 0) is 0 Å². The molecular weight excluding hydrogens is 254 g/mol. The van der Waals surface area contributed by atoms with Gasteiger partial charge in [0.2, 0.25) is 0 Å². The van der Waals surface area contributed by atoms with Gasteiger partial charge in [0.05, 0.1) is 0 Å². The molecule has 1 heterocycles. The Kier molecular flexibility index (Phi) is 4.14. The van der Waals surface area contributed by atoms with Gasteiger partial charge < -0.3 is 10.4 Å². The predicted molar refractivity (Wildman–Crippen MR) is 68.1 cm³/mol. The van der Waals surface area contributed by atoms with Crippen molar-refractivity contribution in [1.82, 2.24) is 10.3 Å². The highest BCUT2D eigenvalue weighted by molar-refractivity contribution is 7.14. The molecule has 1 aliphatic carbocycles. The van der Waals surface area contributed by atoms with E-state index in [0.717, 1.165) is 37.0 Å². The Hall–Kier alpha value is -1.63. The lowest BCUT2D eigenvalue weighted by Gasteiger charge is -2.22. The molecule has 0 unspecified atom stereocenters. The van der Waals surface area contributed by atoms with Crippen molar-refractivity contribution in [1.29, 1.82) is 0 Å². The van der Waals surface area contributed by atoms with E-state index in [2.05, 4.69) is 15.6 Å². The summed E-state index contributed by atoms with van der Waals surface area (Å²) in [5, 5.41) is 15.9. The Bertz CT molecular complexity index is 440. The molecule has 2 rings (SSSR count). The number of hydrogen-bond acceptors (Lipinski definition) is 4. The third-order valence-electron chi connectivity index (χ3n) is 2.88. The molecule has 3 N–H and O–H groups in total. The van der Waals surface area contributed by atoms with Gasteiger partial charge in [-0.15, -0.1) is 11.3 Å². The van der Waals surface area contributed by atoms with E-state index in [1.807, 2.05) is 0 Å². The molecule has 0 aliphatic heterocycles. The van der Waals surface area contributed by atoms with Gasteiger partial charge in [-0.05, 0) is 12.8 Å². The summed E-state index contributed by atoms with van der Waals surface area (Å²) < 4.78 is 0. The Balaban J connectivity index is 1.84. The monoisotopic (exact) mass is 269 g/mol. The third kappa shape index (κ3) is 3.43. The average Bonchev–Trinajstić information content (AvgIpc) is 2.78. The van der Waals surface area contributed by atoms with E-state index in [4.69, 9.17) is 5.11 Å². The minimum Gasteiger partial charge on any atom is -0.476 e. The molecule has 7 heteroatoms. The second-order valence-corrected chi connectivity index (χ2v) is 5.13. The lowest BCUT2D eigenvalue weighted by Crippen LogP contribution is -2.39. The van der Waals surface area contributed by atoms with Crippen LogP contribution in [0.4, 0.5) is 9.93 Å². The van der Waals surface area contributed by atoms with E-state index in [0.29, 0.717) is 5.13 Å². The summed E-state index contributed by atoms with van der Waals surface area (Å²) in [5.41, 5.74) is -0.0482. The molecular formula is C11H15N3O3S. The number of rotatable bonds is 3. The Morgan fingerprint density at radius 1 is 1.33 bits per heavy atom. The summed E-state index contributed by atoms with van der Waals surface area (Å²) in [6.45, 7) is 0. The first-order valence-electron chi connectivity index (χ1n) is 5.91. The van der Waals surface area contributed by atoms with Crippen LogP contribution >= 0.6 is 11.3 Å². The van der Waals surface area contributed by atoms with Gasteiger partial charge in [-0.3, -0.25) is 5.32 Å². The molecule has 0 radical (unpaired) electrons. The number of aromatic nitrogens is 1. The fraction of sp³-hybridized carbons (Fsp3) is 0.545. The topological polar surface area (TPSA) is 91.3 Å². The van der Waals surface area contributed by atoms with Crippen molar-refractivity contribution in [2.45, 2.75) is 38.1 Å². The van der Waals surface area contributed by atoms with Crippen LogP contribution in [0.15, 0.2) is 5.38 Å². The van der Waals surface area contributed by atoms with Crippen molar-refractivity contribution in [3.05, 3.63) is 11.1 Å². The van der Waals surface area contributed by atoms with Crippen LogP contribution in [0.25, 0.3) is 0 Å². The molecule has 1 aliphatic rings. The maximum Gasteiger partial charge on any atom is 0.355 e. The molecule has 18 heavy (non-hydrogen) atoms. The summed E-state index contributed by atoms with van der Waals surface area (Å²) in [6, 6.07) is -0.0918. The van der Waals surface area contributed by atoms with Crippen LogP contribution in [0.2, 0.25) is 0 Å². The first-order valence-corrected chi connectivity index (χ1v) is 6.79. The van der Waals surface area contributed by atoms with E-state index in [1.54, 1.807) is 0 Å². The van der Waals surface area contributed by atoms with Crippen LogP contribution in [-0.4, -0.2) is 28.1 Å². The molecule has 1 aromatic heterocycles. The van der Waals surface area contributed by atoms with E-state index in [-0.39, 0.29) is 17.8 Å². The Labute approximate surface area is 108 Å². The van der Waals surface area contributed by atoms with E-state index < -0.39 is 5.97 Å². The van der Waals surface area contributed by atoms with Gasteiger partial charge in [0, 0.05) is 11.4 Å². The second kappa shape index (κ2) is 5.81. The van der Waals surface area contributed by atoms with Gasteiger partial charge in [0.15, 0.2) is 10.8 Å². The maximum absolute atomic E-state index is 11.7. The number of hydrogen-bond donors (Lipinski definition) is 3. The zero-order chi connectivity index (χ0) is 13.0. The van der Waals surface area contributed by atoms with Gasteiger partial charge in [-0.2, -0.15) is 0 Å². The summed E-state index contributed by atoms with van der Waals surface area (Å²) in [6.07, 6.45) is 5.53. The van der Waals surface area contributed by atoms with E-state index in [9.17, 15) is 9.59 Å². The third-order valence-corrected chi connectivity index (χ3v) is 3.64. The average molecular weight is 269 g/mol. The van der Waals surface area contributed by atoms with Crippen molar-refractivity contribution in [3.63, 3.8) is 0 Å². The summed E-state index contributed by atoms with van der Waals surface area (Å²) in [4.78, 5) is 26.1. The van der Waals surface area contributed by atoms with Crippen molar-refractivity contribution in [2.24, 2.45) is 0 Å². The lowest BCUT2D eigenvalue weighted by atomic mass is 9.96. The minimum atomic E-state index is -1.09. The van der Waals surface area contributed by atoms with Gasteiger partial charge in [-0.25, -0.2) is 14.6 Å². The molecule has 1 saturated carbocycles. The zero-order valence-electron chi connectivity index (χ0n) is 9.81. The number of aromatic carboxylic acids is 1. The SMILES string of the molecule is O=C(Nc1nc(C(=O)O)cs1)NC1CCCCC1. The highest BCUT2D eigenvalue weighted by Crippen LogP contribution is 2.18. The Morgan fingerprint density at radius 2 is 2.06 bits per heavy atom. The quantitative estimate of drug-likeness (QED) is 0.785. The van der Waals surface area contributed by atoms with Gasteiger partial charge in [0.25, 0.3) is 0 Å². The Morgan fingerprint density at radius 3 is 2.67 bits per heavy atom. The molecule has 6 nitrogen and oxygen atoms in total. The zero-order valence-corrected chi connectivity index (χ0v) is 10.6. The number of nitrogens with zero attached hydrogens (tertiary/aromatic N) is 1. The number of amides is 2. The summed E-state index contributed by atoms with van der Waals surface area (Å²) >= 11 is 1.10. The molecule has 1 fully saturated rings. The second-order valence-electron chi connectivity index (χ2n) is 4.28. The molecule has 0 bridgehead atoms. The van der Waals surface area contributed by atoms with Crippen molar-refractivity contribution < 1.29 is 14.7 Å². The number of carbonyl (C=O) groups is 2. The van der Waals surface area contributed by atoms with Crippen LogP contribution < -0.4 is 10.6 Å². The number of thiazole rings is 1. The minimum absolute atomic E-state index is 0.0482. The molecule has 0 spiro atoms. The molecule has 0 saturated heterocycles. The van der Waals surface area contributed by atoms with Crippen LogP contribution in [0.3, 0.4) is 0 Å². The van der Waals surface area contributed by atoms with Gasteiger partial charge >= 0.3 is 12.0 Å². The number of carboxylic acids is 1. The fourth-order valence-corrected chi connectivity index (χ4v) is 2.67. The van der Waals surface area contributed by atoms with E-state index >= 15 is 0 Å². The molecule has 0 atom stereocenters. The normalized spacial score (nSPS) is 16.2. The standard InChI is InChI=1S/C11H15N3O3S/c15-9(16)8-6-18-11(13-8)14-10(17)12-7-4-2-1-3-5-7/h6-7H,1-5H2,(H,15,16)(H2,12,13,14,17). The van der Waals surface area contributed by atoms with Gasteiger partial charge in [-0.1, -0.05) is 19.3 Å². The number of carbonyl (C=O) groups excluding carboxylic acids is 1. The molecule has 98 valence electrons. The largest absolute Gasteiger partial charge is 0.476 e. The number of nitrogens with one attached hydrogen (secondary N) is 2. The van der Waals surface area contributed by atoms with E-state index in [1.165, 1.54) is 11.8 Å². The van der Waals surface area contributed by atoms with Crippen LogP contribution in [0.1, 0.15) is 42.6 Å². The molecule has 0 aromatic carbocycles. The summed E-state index contributed by atoms with van der Waals surface area (Å²) in [5.74, 6) is -1.09. The predicted octanol–water partition coefficient (Wildman–Crippen LogP) is 2.30.